The fraction of sp³-hybridized carbons (Fsp3) is 0.103. The van der Waals surface area contributed by atoms with Gasteiger partial charge < -0.3 is 10.2 Å². The maximum atomic E-state index is 13.1. The highest BCUT2D eigenvalue weighted by atomic mass is 16.2. The summed E-state index contributed by atoms with van der Waals surface area (Å²) in [5.41, 5.74) is 5.79. The molecule has 0 unspecified atom stereocenters. The first-order chi connectivity index (χ1) is 18.3. The molecule has 0 fully saturated rings. The van der Waals surface area contributed by atoms with E-state index >= 15 is 0 Å². The fourth-order valence-corrected chi connectivity index (χ4v) is 3.66. The van der Waals surface area contributed by atoms with Crippen molar-refractivity contribution < 1.29 is 9.59 Å². The molecule has 0 radical (unpaired) electrons. The number of hydrogen-bond donors (Lipinski definition) is 3. The van der Waals surface area contributed by atoms with Gasteiger partial charge in [-0.15, -0.1) is 0 Å². The number of para-hydroxylation sites is 1. The second-order valence-corrected chi connectivity index (χ2v) is 8.69. The third-order valence-electron chi connectivity index (χ3n) is 5.74. The monoisotopic (exact) mass is 508 g/mol. The summed E-state index contributed by atoms with van der Waals surface area (Å²) >= 11 is 0. The topological polar surface area (TPSA) is 112 Å². The van der Waals surface area contributed by atoms with Crippen LogP contribution in [0.2, 0.25) is 0 Å². The number of hydrogen-bond acceptors (Lipinski definition) is 5. The molecule has 2 amide bonds. The molecule has 1 aromatic heterocycles. The Labute approximate surface area is 220 Å². The van der Waals surface area contributed by atoms with E-state index in [9.17, 15) is 14.4 Å². The van der Waals surface area contributed by atoms with Crippen molar-refractivity contribution in [1.29, 1.82) is 0 Å². The molecular weight excluding hydrogens is 480 g/mol. The van der Waals surface area contributed by atoms with Crippen molar-refractivity contribution in [3.63, 3.8) is 0 Å². The number of aryl methyl sites for hydroxylation is 1. The van der Waals surface area contributed by atoms with E-state index in [-0.39, 0.29) is 11.3 Å². The zero-order valence-electron chi connectivity index (χ0n) is 21.3. The van der Waals surface area contributed by atoms with Crippen LogP contribution in [0.3, 0.4) is 0 Å². The lowest BCUT2D eigenvalue weighted by molar-refractivity contribution is -0.117. The molecule has 0 aliphatic rings. The van der Waals surface area contributed by atoms with Crippen LogP contribution in [-0.2, 0) is 4.79 Å². The van der Waals surface area contributed by atoms with Gasteiger partial charge in [0, 0.05) is 31.0 Å². The largest absolute Gasteiger partial charge is 0.378 e. The third kappa shape index (κ3) is 6.14. The normalized spacial score (nSPS) is 11.4. The van der Waals surface area contributed by atoms with E-state index in [2.05, 4.69) is 20.9 Å². The van der Waals surface area contributed by atoms with E-state index in [0.29, 0.717) is 28.1 Å². The number of anilines is 1. The van der Waals surface area contributed by atoms with Crippen LogP contribution in [0.15, 0.2) is 101 Å². The van der Waals surface area contributed by atoms with Crippen molar-refractivity contribution in [2.75, 3.05) is 19.0 Å². The highest BCUT2D eigenvalue weighted by Gasteiger charge is 2.15. The van der Waals surface area contributed by atoms with Gasteiger partial charge >= 0.3 is 0 Å². The summed E-state index contributed by atoms with van der Waals surface area (Å²) < 4.78 is 1.40. The van der Waals surface area contributed by atoms with Crippen LogP contribution in [-0.4, -0.2) is 41.9 Å². The van der Waals surface area contributed by atoms with Crippen LogP contribution in [0.5, 0.6) is 0 Å². The molecule has 1 heterocycles. The number of aromatic amines is 1. The molecular formula is C29H28N6O3. The van der Waals surface area contributed by atoms with Gasteiger partial charge in [0.2, 0.25) is 0 Å². The van der Waals surface area contributed by atoms with Gasteiger partial charge in [0.15, 0.2) is 0 Å². The summed E-state index contributed by atoms with van der Waals surface area (Å²) in [5, 5.41) is 9.67. The van der Waals surface area contributed by atoms with Gasteiger partial charge in [-0.2, -0.15) is 5.10 Å². The molecule has 0 aliphatic carbocycles. The number of carbonyl (C=O) groups excluding carboxylic acids is 2. The summed E-state index contributed by atoms with van der Waals surface area (Å²) in [6.45, 7) is 1.74. The molecule has 0 saturated heterocycles. The molecule has 3 aromatic carbocycles. The molecule has 0 bridgehead atoms. The number of benzene rings is 3. The van der Waals surface area contributed by atoms with Gasteiger partial charge in [0.25, 0.3) is 17.4 Å². The highest BCUT2D eigenvalue weighted by molar-refractivity contribution is 6.05. The van der Waals surface area contributed by atoms with Crippen molar-refractivity contribution in [3.05, 3.63) is 123 Å². The van der Waals surface area contributed by atoms with Crippen molar-refractivity contribution in [2.45, 2.75) is 6.92 Å². The Bertz CT molecular complexity index is 1530. The van der Waals surface area contributed by atoms with Gasteiger partial charge in [-0.25, -0.2) is 10.1 Å². The third-order valence-corrected chi connectivity index (χ3v) is 5.74. The van der Waals surface area contributed by atoms with Crippen LogP contribution in [0, 0.1) is 6.92 Å². The fourth-order valence-electron chi connectivity index (χ4n) is 3.66. The summed E-state index contributed by atoms with van der Waals surface area (Å²) in [5.74, 6) is -1.08. The molecule has 0 atom stereocenters. The minimum absolute atomic E-state index is 0.00101. The summed E-state index contributed by atoms with van der Waals surface area (Å²) in [6.07, 6.45) is 2.85. The minimum Gasteiger partial charge on any atom is -0.378 e. The molecule has 9 nitrogen and oxygen atoms in total. The van der Waals surface area contributed by atoms with Gasteiger partial charge in [0.1, 0.15) is 5.70 Å². The lowest BCUT2D eigenvalue weighted by atomic mass is 10.1. The van der Waals surface area contributed by atoms with Crippen LogP contribution in [0.1, 0.15) is 27.2 Å². The first-order valence-corrected chi connectivity index (χ1v) is 11.9. The van der Waals surface area contributed by atoms with E-state index in [0.717, 1.165) is 5.69 Å². The predicted octanol–water partition coefficient (Wildman–Crippen LogP) is 3.46. The molecule has 0 saturated carbocycles. The zero-order valence-corrected chi connectivity index (χ0v) is 21.3. The molecule has 4 rings (SSSR count). The van der Waals surface area contributed by atoms with E-state index < -0.39 is 11.8 Å². The average Bonchev–Trinajstić information content (AvgIpc) is 3.22. The molecule has 0 spiro atoms. The molecule has 0 aliphatic heterocycles. The Morgan fingerprint density at radius 1 is 0.921 bits per heavy atom. The molecule has 192 valence electrons. The second-order valence-electron chi connectivity index (χ2n) is 8.69. The number of aromatic nitrogens is 2. The summed E-state index contributed by atoms with van der Waals surface area (Å²) in [6, 6.07) is 25.2. The molecule has 4 aromatic rings. The summed E-state index contributed by atoms with van der Waals surface area (Å²) in [7, 11) is 3.87. The molecule has 9 heteroatoms. The number of hydrazone groups is 1. The number of H-pyrrole nitrogens is 1. The van der Waals surface area contributed by atoms with E-state index in [4.69, 9.17) is 0 Å². The molecule has 3 N–H and O–H groups in total. The van der Waals surface area contributed by atoms with Crippen LogP contribution >= 0.6 is 0 Å². The Hall–Kier alpha value is -5.18. The zero-order chi connectivity index (χ0) is 27.1. The van der Waals surface area contributed by atoms with Crippen LogP contribution < -0.4 is 21.2 Å². The minimum atomic E-state index is -0.640. The lowest BCUT2D eigenvalue weighted by Crippen LogP contribution is -2.33. The van der Waals surface area contributed by atoms with Gasteiger partial charge in [0.05, 0.1) is 17.5 Å². The predicted molar refractivity (Wildman–Crippen MR) is 150 cm³/mol. The SMILES string of the molecule is Cc1[nH]n(-c2ccccc2)c(=O)c1/C=N/NC(=O)/C(=C/c1ccc(N(C)C)cc1)NC(=O)c1ccccc1. The number of nitrogens with one attached hydrogen (secondary N) is 3. The van der Waals surface area contributed by atoms with Gasteiger partial charge in [-0.1, -0.05) is 48.5 Å². The maximum Gasteiger partial charge on any atom is 0.287 e. The Kier molecular flexibility index (Phi) is 7.98. The van der Waals surface area contributed by atoms with E-state index in [1.807, 2.05) is 61.5 Å². The Morgan fingerprint density at radius 2 is 1.55 bits per heavy atom. The van der Waals surface area contributed by atoms with Gasteiger partial charge in [-0.3, -0.25) is 19.5 Å². The van der Waals surface area contributed by atoms with E-state index in [1.54, 1.807) is 55.5 Å². The summed E-state index contributed by atoms with van der Waals surface area (Å²) in [4.78, 5) is 40.7. The van der Waals surface area contributed by atoms with Crippen LogP contribution in [0.4, 0.5) is 5.69 Å². The lowest BCUT2D eigenvalue weighted by Gasteiger charge is -2.12. The average molecular weight is 509 g/mol. The first-order valence-electron chi connectivity index (χ1n) is 11.9. The number of nitrogens with zero attached hydrogens (tertiary/aromatic N) is 3. The van der Waals surface area contributed by atoms with Crippen molar-refractivity contribution in [1.82, 2.24) is 20.5 Å². The Morgan fingerprint density at radius 3 is 2.18 bits per heavy atom. The number of rotatable bonds is 8. The van der Waals surface area contributed by atoms with Gasteiger partial charge in [-0.05, 0) is 55.0 Å². The number of carbonyl (C=O) groups is 2. The highest BCUT2D eigenvalue weighted by Crippen LogP contribution is 2.15. The Balaban J connectivity index is 1.57. The molecule has 38 heavy (non-hydrogen) atoms. The first kappa shape index (κ1) is 25.9. The smallest absolute Gasteiger partial charge is 0.287 e. The standard InChI is InChI=1S/C29H28N6O3/c1-20-25(29(38)35(33-20)24-12-8-5-9-13-24)19-30-32-28(37)26(31-27(36)22-10-6-4-7-11-22)18-21-14-16-23(17-15-21)34(2)3/h4-19,33H,1-3H3,(H,31,36)(H,32,37)/b26-18-,30-19+. The van der Waals surface area contributed by atoms with Crippen LogP contribution in [0.25, 0.3) is 11.8 Å². The van der Waals surface area contributed by atoms with Crippen molar-refractivity contribution in [2.24, 2.45) is 5.10 Å². The van der Waals surface area contributed by atoms with Crippen molar-refractivity contribution >= 4 is 29.8 Å². The quantitative estimate of drug-likeness (QED) is 0.192. The maximum absolute atomic E-state index is 13.1. The number of amides is 2. The second kappa shape index (κ2) is 11.7. The van der Waals surface area contributed by atoms with E-state index in [1.165, 1.54) is 10.9 Å². The van der Waals surface area contributed by atoms with Crippen molar-refractivity contribution in [3.8, 4) is 5.69 Å².